The summed E-state index contributed by atoms with van der Waals surface area (Å²) in [6.45, 7) is 7.55. The van der Waals surface area contributed by atoms with E-state index < -0.39 is 5.38 Å². The summed E-state index contributed by atoms with van der Waals surface area (Å²) < 4.78 is 0. The van der Waals surface area contributed by atoms with E-state index in [0.717, 1.165) is 16.7 Å². The molecule has 0 fully saturated rings. The van der Waals surface area contributed by atoms with Gasteiger partial charge in [-0.25, -0.2) is 0 Å². The second-order valence-corrected chi connectivity index (χ2v) is 4.22. The third-order valence-electron chi connectivity index (χ3n) is 2.35. The quantitative estimate of drug-likeness (QED) is 0.683. The minimum Gasteiger partial charge on any atom is -0.298 e. The maximum atomic E-state index is 11.2. The van der Waals surface area contributed by atoms with Crippen molar-refractivity contribution in [3.05, 3.63) is 34.4 Å². The number of hydrogen-bond acceptors (Lipinski definition) is 1. The Hall–Kier alpha value is -0.820. The summed E-state index contributed by atoms with van der Waals surface area (Å²) in [6.07, 6.45) is 0. The smallest absolute Gasteiger partial charge is 0.152 e. The van der Waals surface area contributed by atoms with Gasteiger partial charge in [-0.05, 0) is 44.4 Å². The van der Waals surface area contributed by atoms with Gasteiger partial charge in [0.25, 0.3) is 0 Å². The largest absolute Gasteiger partial charge is 0.298 e. The van der Waals surface area contributed by atoms with Crippen LogP contribution in [0.1, 0.15) is 34.6 Å². The fourth-order valence-corrected chi connectivity index (χ4v) is 2.14. The molecule has 0 saturated heterocycles. The molecular weight excluding hydrogens is 196 g/mol. The number of hydrogen-bond donors (Lipinski definition) is 0. The number of benzene rings is 1. The SMILES string of the molecule is CC(=O)C(Cl)c1c(C)cc(C)cc1C. The highest BCUT2D eigenvalue weighted by Crippen LogP contribution is 2.28. The molecule has 76 valence electrons. The van der Waals surface area contributed by atoms with Crippen LogP contribution in [-0.4, -0.2) is 5.78 Å². The van der Waals surface area contributed by atoms with Crippen molar-refractivity contribution < 1.29 is 4.79 Å². The van der Waals surface area contributed by atoms with Crippen LogP contribution in [0.3, 0.4) is 0 Å². The molecule has 0 aliphatic rings. The lowest BCUT2D eigenvalue weighted by Crippen LogP contribution is -2.06. The van der Waals surface area contributed by atoms with Crippen LogP contribution in [0.4, 0.5) is 0 Å². The molecular formula is C12H15ClO. The summed E-state index contributed by atoms with van der Waals surface area (Å²) in [6, 6.07) is 4.11. The Labute approximate surface area is 90.1 Å². The number of alkyl halides is 1. The first kappa shape index (κ1) is 11.3. The first-order valence-electron chi connectivity index (χ1n) is 4.65. The van der Waals surface area contributed by atoms with Gasteiger partial charge in [0.1, 0.15) is 5.38 Å². The molecule has 1 unspecified atom stereocenters. The highest BCUT2D eigenvalue weighted by molar-refractivity contribution is 6.31. The lowest BCUT2D eigenvalue weighted by atomic mass is 9.96. The predicted molar refractivity (Wildman–Crippen MR) is 59.9 cm³/mol. The van der Waals surface area contributed by atoms with Crippen LogP contribution in [0.25, 0.3) is 0 Å². The molecule has 1 nitrogen and oxygen atoms in total. The molecule has 0 bridgehead atoms. The number of aryl methyl sites for hydroxylation is 3. The Kier molecular flexibility index (Phi) is 3.33. The summed E-state index contributed by atoms with van der Waals surface area (Å²) >= 11 is 6.05. The van der Waals surface area contributed by atoms with Crippen molar-refractivity contribution in [3.63, 3.8) is 0 Å². The van der Waals surface area contributed by atoms with E-state index in [2.05, 4.69) is 12.1 Å². The first-order chi connectivity index (χ1) is 6.43. The number of carbonyl (C=O) groups excluding carboxylic acids is 1. The number of carbonyl (C=O) groups is 1. The van der Waals surface area contributed by atoms with Gasteiger partial charge >= 0.3 is 0 Å². The Morgan fingerprint density at radius 2 is 1.64 bits per heavy atom. The van der Waals surface area contributed by atoms with Crippen LogP contribution in [0.2, 0.25) is 0 Å². The first-order valence-corrected chi connectivity index (χ1v) is 5.09. The van der Waals surface area contributed by atoms with Crippen molar-refractivity contribution in [2.45, 2.75) is 33.1 Å². The van der Waals surface area contributed by atoms with Crippen LogP contribution >= 0.6 is 11.6 Å². The standard InChI is InChI=1S/C12H15ClO/c1-7-5-8(2)11(9(3)6-7)12(13)10(4)14/h5-6,12H,1-4H3. The van der Waals surface area contributed by atoms with Crippen molar-refractivity contribution in [1.29, 1.82) is 0 Å². The van der Waals surface area contributed by atoms with Crippen LogP contribution in [-0.2, 0) is 4.79 Å². The molecule has 1 aromatic carbocycles. The van der Waals surface area contributed by atoms with E-state index in [4.69, 9.17) is 11.6 Å². The molecule has 14 heavy (non-hydrogen) atoms. The summed E-state index contributed by atoms with van der Waals surface area (Å²) in [5.74, 6) is 0.00159. The van der Waals surface area contributed by atoms with Gasteiger partial charge in [0.2, 0.25) is 0 Å². The van der Waals surface area contributed by atoms with Gasteiger partial charge < -0.3 is 0 Å². The molecule has 0 aromatic heterocycles. The van der Waals surface area contributed by atoms with Gasteiger partial charge in [0, 0.05) is 0 Å². The summed E-state index contributed by atoms with van der Waals surface area (Å²) in [5, 5.41) is -0.504. The zero-order valence-electron chi connectivity index (χ0n) is 9.02. The average molecular weight is 211 g/mol. The fourth-order valence-electron chi connectivity index (χ4n) is 1.79. The maximum Gasteiger partial charge on any atom is 0.152 e. The molecule has 2 heteroatoms. The number of ketones is 1. The van der Waals surface area contributed by atoms with E-state index in [1.165, 1.54) is 12.5 Å². The summed E-state index contributed by atoms with van der Waals surface area (Å²) in [5.41, 5.74) is 4.36. The van der Waals surface area contributed by atoms with Crippen LogP contribution < -0.4 is 0 Å². The molecule has 0 N–H and O–H groups in total. The Bertz CT molecular complexity index is 346. The zero-order valence-corrected chi connectivity index (χ0v) is 9.77. The molecule has 0 saturated carbocycles. The molecule has 0 heterocycles. The Morgan fingerprint density at radius 1 is 1.21 bits per heavy atom. The third-order valence-corrected chi connectivity index (χ3v) is 2.87. The molecule has 1 aromatic rings. The van der Waals surface area contributed by atoms with Gasteiger partial charge in [0.05, 0.1) is 0 Å². The maximum absolute atomic E-state index is 11.2. The van der Waals surface area contributed by atoms with Crippen molar-refractivity contribution in [2.24, 2.45) is 0 Å². The van der Waals surface area contributed by atoms with Gasteiger partial charge in [-0.3, -0.25) is 4.79 Å². The summed E-state index contributed by atoms with van der Waals surface area (Å²) in [4.78, 5) is 11.2. The predicted octanol–water partition coefficient (Wildman–Crippen LogP) is 3.48. The Balaban J connectivity index is 3.27. The fraction of sp³-hybridized carbons (Fsp3) is 0.417. The molecule has 0 spiro atoms. The minimum absolute atomic E-state index is 0.00159. The van der Waals surface area contributed by atoms with Crippen molar-refractivity contribution in [1.82, 2.24) is 0 Å². The molecule has 1 atom stereocenters. The topological polar surface area (TPSA) is 17.1 Å². The average Bonchev–Trinajstić information content (AvgIpc) is 2.01. The van der Waals surface area contributed by atoms with Crippen molar-refractivity contribution in [3.8, 4) is 0 Å². The molecule has 1 rings (SSSR count). The highest BCUT2D eigenvalue weighted by atomic mass is 35.5. The third kappa shape index (κ3) is 2.16. The van der Waals surface area contributed by atoms with E-state index in [1.54, 1.807) is 0 Å². The number of halogens is 1. The molecule has 0 radical (unpaired) electrons. The van der Waals surface area contributed by atoms with Gasteiger partial charge in [-0.15, -0.1) is 11.6 Å². The van der Waals surface area contributed by atoms with Crippen molar-refractivity contribution in [2.75, 3.05) is 0 Å². The molecule has 0 amide bonds. The van der Waals surface area contributed by atoms with Crippen LogP contribution in [0.15, 0.2) is 12.1 Å². The number of rotatable bonds is 2. The Morgan fingerprint density at radius 3 is 2.00 bits per heavy atom. The van der Waals surface area contributed by atoms with Crippen LogP contribution in [0, 0.1) is 20.8 Å². The minimum atomic E-state index is -0.504. The second-order valence-electron chi connectivity index (χ2n) is 3.79. The van der Waals surface area contributed by atoms with E-state index >= 15 is 0 Å². The highest BCUT2D eigenvalue weighted by Gasteiger charge is 2.17. The summed E-state index contributed by atoms with van der Waals surface area (Å²) in [7, 11) is 0. The monoisotopic (exact) mass is 210 g/mol. The molecule has 0 aliphatic carbocycles. The van der Waals surface area contributed by atoms with E-state index in [-0.39, 0.29) is 5.78 Å². The van der Waals surface area contributed by atoms with Gasteiger partial charge in [-0.1, -0.05) is 17.7 Å². The lowest BCUT2D eigenvalue weighted by Gasteiger charge is -2.14. The van der Waals surface area contributed by atoms with E-state index in [0.29, 0.717) is 0 Å². The second kappa shape index (κ2) is 4.14. The van der Waals surface area contributed by atoms with Crippen molar-refractivity contribution >= 4 is 17.4 Å². The zero-order chi connectivity index (χ0) is 10.9. The normalized spacial score (nSPS) is 12.6. The van der Waals surface area contributed by atoms with E-state index in [9.17, 15) is 4.79 Å². The van der Waals surface area contributed by atoms with Crippen LogP contribution in [0.5, 0.6) is 0 Å². The van der Waals surface area contributed by atoms with Gasteiger partial charge in [0.15, 0.2) is 5.78 Å². The van der Waals surface area contributed by atoms with E-state index in [1.807, 2.05) is 20.8 Å². The number of Topliss-reactive ketones (excluding diaryl/α,β-unsaturated/α-hetero) is 1. The van der Waals surface area contributed by atoms with Gasteiger partial charge in [-0.2, -0.15) is 0 Å². The lowest BCUT2D eigenvalue weighted by molar-refractivity contribution is -0.116. The molecule has 0 aliphatic heterocycles.